The molecule has 9 heteroatoms. The molecule has 0 saturated carbocycles. The highest BCUT2D eigenvalue weighted by Gasteiger charge is 2.39. The number of aliphatic hydroxyl groups excluding tert-OH is 1. The number of carbonyl (C=O) groups excluding carboxylic acids is 2. The maximum Gasteiger partial charge on any atom is 0.259 e. The van der Waals surface area contributed by atoms with Crippen LogP contribution in [0.25, 0.3) is 11.1 Å². The Morgan fingerprint density at radius 2 is 1.97 bits per heavy atom. The third-order valence-corrected chi connectivity index (χ3v) is 4.97. The second kappa shape index (κ2) is 8.79. The van der Waals surface area contributed by atoms with Gasteiger partial charge in [0.2, 0.25) is 0 Å². The summed E-state index contributed by atoms with van der Waals surface area (Å²) in [5.74, 6) is -1.26. The molecule has 1 aliphatic heterocycles. The first-order valence-electron chi connectivity index (χ1n) is 9.58. The smallest absolute Gasteiger partial charge is 0.259 e. The quantitative estimate of drug-likeness (QED) is 0.579. The number of rotatable bonds is 5. The molecule has 4 rings (SSSR count). The Morgan fingerprint density at radius 3 is 2.61 bits per heavy atom. The van der Waals surface area contributed by atoms with Gasteiger partial charge in [-0.05, 0) is 42.0 Å². The summed E-state index contributed by atoms with van der Waals surface area (Å²) in [5, 5.41) is 28.5. The van der Waals surface area contributed by atoms with Crippen molar-refractivity contribution in [3.8, 4) is 17.2 Å². The summed E-state index contributed by atoms with van der Waals surface area (Å²) in [4.78, 5) is 26.9. The Labute approximate surface area is 177 Å². The van der Waals surface area contributed by atoms with Gasteiger partial charge in [0.1, 0.15) is 0 Å². The van der Waals surface area contributed by atoms with Crippen molar-refractivity contribution in [3.05, 3.63) is 66.5 Å². The number of morpholine rings is 1. The second-order valence-corrected chi connectivity index (χ2v) is 6.94. The number of nitrogens with zero attached hydrogens (tertiary/aromatic N) is 3. The predicted molar refractivity (Wildman–Crippen MR) is 112 cm³/mol. The first-order valence-corrected chi connectivity index (χ1v) is 9.58. The van der Waals surface area contributed by atoms with Gasteiger partial charge in [0.05, 0.1) is 24.4 Å². The Balaban J connectivity index is 1.44. The van der Waals surface area contributed by atoms with E-state index in [0.717, 1.165) is 11.1 Å². The van der Waals surface area contributed by atoms with Crippen LogP contribution in [-0.2, 0) is 14.3 Å². The fraction of sp³-hybridized carbons (Fsp3) is 0.182. The van der Waals surface area contributed by atoms with Crippen LogP contribution in [0.15, 0.2) is 60.9 Å². The molecule has 0 unspecified atom stereocenters. The molecule has 3 aromatic rings. The van der Waals surface area contributed by atoms with Crippen LogP contribution in [0.1, 0.15) is 5.56 Å². The molecule has 1 saturated heterocycles. The average Bonchev–Trinajstić information content (AvgIpc) is 3.34. The van der Waals surface area contributed by atoms with Gasteiger partial charge in [0.25, 0.3) is 11.8 Å². The van der Waals surface area contributed by atoms with Crippen LogP contribution in [0.2, 0.25) is 0 Å². The lowest BCUT2D eigenvalue weighted by Crippen LogP contribution is -2.55. The number of aromatic amines is 1. The van der Waals surface area contributed by atoms with Crippen molar-refractivity contribution >= 4 is 23.2 Å². The van der Waals surface area contributed by atoms with Crippen molar-refractivity contribution in [1.82, 2.24) is 10.2 Å². The van der Waals surface area contributed by atoms with Crippen LogP contribution in [0.4, 0.5) is 11.4 Å². The lowest BCUT2D eigenvalue weighted by atomic mass is 10.1. The van der Waals surface area contributed by atoms with Crippen molar-refractivity contribution in [2.45, 2.75) is 12.2 Å². The maximum atomic E-state index is 12.9. The first-order chi connectivity index (χ1) is 15.1. The summed E-state index contributed by atoms with van der Waals surface area (Å²) in [7, 11) is 0. The lowest BCUT2D eigenvalue weighted by molar-refractivity contribution is -0.150. The highest BCUT2D eigenvalue weighted by atomic mass is 16.5. The second-order valence-electron chi connectivity index (χ2n) is 6.94. The van der Waals surface area contributed by atoms with E-state index in [4.69, 9.17) is 10.00 Å². The molecule has 2 amide bonds. The first kappa shape index (κ1) is 20.3. The molecule has 31 heavy (non-hydrogen) atoms. The molecule has 1 aromatic heterocycles. The van der Waals surface area contributed by atoms with Crippen LogP contribution >= 0.6 is 0 Å². The fourth-order valence-corrected chi connectivity index (χ4v) is 3.31. The van der Waals surface area contributed by atoms with Crippen LogP contribution in [0.3, 0.4) is 0 Å². The number of hydrogen-bond donors (Lipinski definition) is 3. The number of aliphatic hydroxyl groups is 1. The van der Waals surface area contributed by atoms with Crippen molar-refractivity contribution in [2.75, 3.05) is 23.4 Å². The molecule has 2 atom stereocenters. The molecule has 0 radical (unpaired) electrons. The fourth-order valence-electron chi connectivity index (χ4n) is 3.31. The highest BCUT2D eigenvalue weighted by molar-refractivity contribution is 6.03. The molecular formula is C22H19N5O4. The van der Waals surface area contributed by atoms with Crippen molar-refractivity contribution in [2.24, 2.45) is 0 Å². The summed E-state index contributed by atoms with van der Waals surface area (Å²) in [5.41, 5.74) is 3.35. The largest absolute Gasteiger partial charge is 0.380 e. The van der Waals surface area contributed by atoms with Gasteiger partial charge in [0.15, 0.2) is 12.2 Å². The van der Waals surface area contributed by atoms with E-state index in [0.29, 0.717) is 23.5 Å². The molecular weight excluding hydrogens is 398 g/mol. The minimum Gasteiger partial charge on any atom is -0.380 e. The number of carbonyl (C=O) groups is 2. The van der Waals surface area contributed by atoms with E-state index >= 15 is 0 Å². The number of anilines is 2. The molecule has 0 spiro atoms. The van der Waals surface area contributed by atoms with Gasteiger partial charge < -0.3 is 20.1 Å². The third kappa shape index (κ3) is 4.30. The van der Waals surface area contributed by atoms with E-state index < -0.39 is 24.0 Å². The summed E-state index contributed by atoms with van der Waals surface area (Å²) in [6, 6.07) is 15.5. The highest BCUT2D eigenvalue weighted by Crippen LogP contribution is 2.25. The van der Waals surface area contributed by atoms with Crippen LogP contribution in [-0.4, -0.2) is 52.5 Å². The number of nitrogens with one attached hydrogen (secondary N) is 2. The third-order valence-electron chi connectivity index (χ3n) is 4.97. The topological polar surface area (TPSA) is 131 Å². The SMILES string of the molecule is N#Cc1ccc(NC(=O)[C@H](O)[C@H]2OCCN(c3ccc(-c4cn[nH]c4)cc3)C2=O)cc1. The van der Waals surface area contributed by atoms with Crippen LogP contribution < -0.4 is 10.2 Å². The lowest BCUT2D eigenvalue weighted by Gasteiger charge is -2.34. The van der Waals surface area contributed by atoms with E-state index in [9.17, 15) is 14.7 Å². The maximum absolute atomic E-state index is 12.9. The summed E-state index contributed by atoms with van der Waals surface area (Å²) in [6.07, 6.45) is 0.471. The molecule has 1 aliphatic rings. The Hall–Kier alpha value is -4.00. The molecule has 2 heterocycles. The van der Waals surface area contributed by atoms with Gasteiger partial charge in [-0.1, -0.05) is 12.1 Å². The van der Waals surface area contributed by atoms with E-state index in [2.05, 4.69) is 15.5 Å². The van der Waals surface area contributed by atoms with E-state index in [1.165, 1.54) is 4.90 Å². The summed E-state index contributed by atoms with van der Waals surface area (Å²) in [6.45, 7) is 0.492. The monoisotopic (exact) mass is 417 g/mol. The molecule has 0 aliphatic carbocycles. The number of nitriles is 1. The van der Waals surface area contributed by atoms with E-state index in [1.54, 1.807) is 48.8 Å². The zero-order valence-corrected chi connectivity index (χ0v) is 16.4. The molecule has 0 bridgehead atoms. The van der Waals surface area contributed by atoms with E-state index in [-0.39, 0.29) is 6.61 Å². The minimum absolute atomic E-state index is 0.182. The van der Waals surface area contributed by atoms with Crippen molar-refractivity contribution < 1.29 is 19.4 Å². The molecule has 2 aromatic carbocycles. The standard InChI is InChI=1S/C22H19N5O4/c23-11-14-1-5-17(6-2-14)26-21(29)19(28)20-22(30)27(9-10-31-20)18-7-3-15(4-8-18)16-12-24-25-13-16/h1-8,12-13,19-20,28H,9-10H2,(H,24,25)(H,26,29)/t19-,20-/m1/s1. The van der Waals surface area contributed by atoms with Gasteiger partial charge in [0, 0.05) is 29.7 Å². The number of H-pyrrole nitrogens is 1. The Kier molecular flexibility index (Phi) is 5.75. The van der Waals surface area contributed by atoms with E-state index in [1.807, 2.05) is 18.2 Å². The van der Waals surface area contributed by atoms with Gasteiger partial charge in [-0.15, -0.1) is 0 Å². The van der Waals surface area contributed by atoms with Crippen LogP contribution in [0, 0.1) is 11.3 Å². The normalized spacial score (nSPS) is 17.1. The number of hydrogen-bond acceptors (Lipinski definition) is 6. The number of ether oxygens (including phenoxy) is 1. The number of amides is 2. The van der Waals surface area contributed by atoms with Gasteiger partial charge in [-0.3, -0.25) is 14.7 Å². The van der Waals surface area contributed by atoms with Gasteiger partial charge in [-0.2, -0.15) is 10.4 Å². The predicted octanol–water partition coefficient (Wildman–Crippen LogP) is 1.68. The van der Waals surface area contributed by atoms with Gasteiger partial charge in [-0.25, -0.2) is 0 Å². The summed E-state index contributed by atoms with van der Waals surface area (Å²) >= 11 is 0. The number of aromatic nitrogens is 2. The molecule has 9 nitrogen and oxygen atoms in total. The van der Waals surface area contributed by atoms with Crippen molar-refractivity contribution in [1.29, 1.82) is 5.26 Å². The average molecular weight is 417 g/mol. The van der Waals surface area contributed by atoms with Crippen molar-refractivity contribution in [3.63, 3.8) is 0 Å². The number of benzene rings is 2. The molecule has 156 valence electrons. The Morgan fingerprint density at radius 1 is 1.23 bits per heavy atom. The van der Waals surface area contributed by atoms with Crippen LogP contribution in [0.5, 0.6) is 0 Å². The zero-order chi connectivity index (χ0) is 21.8. The minimum atomic E-state index is -1.68. The van der Waals surface area contributed by atoms with Gasteiger partial charge >= 0.3 is 0 Å². The Bertz CT molecular complexity index is 1100. The summed E-state index contributed by atoms with van der Waals surface area (Å²) < 4.78 is 5.42. The molecule has 1 fully saturated rings. The molecule has 3 N–H and O–H groups in total. The zero-order valence-electron chi connectivity index (χ0n) is 16.4.